The Morgan fingerprint density at radius 2 is 1.81 bits per heavy atom. The lowest BCUT2D eigenvalue weighted by Gasteiger charge is -2.18. The third kappa shape index (κ3) is 4.77. The zero-order chi connectivity index (χ0) is 22.4. The van der Waals surface area contributed by atoms with Crippen LogP contribution >= 0.6 is 0 Å². The van der Waals surface area contributed by atoms with Gasteiger partial charge < -0.3 is 10.1 Å². The zero-order valence-electron chi connectivity index (χ0n) is 17.2. The smallest absolute Gasteiger partial charge is 0.352 e. The molecule has 8 nitrogen and oxygen atoms in total. The summed E-state index contributed by atoms with van der Waals surface area (Å²) in [4.78, 5) is 39.0. The molecule has 0 aliphatic heterocycles. The average Bonchev–Trinajstić information content (AvgIpc) is 2.78. The number of nitrogens with one attached hydrogen (secondary N) is 1. The Morgan fingerprint density at radius 1 is 1.13 bits per heavy atom. The highest BCUT2D eigenvalue weighted by Crippen LogP contribution is 2.15. The summed E-state index contributed by atoms with van der Waals surface area (Å²) in [6.07, 6.45) is 0.532. The van der Waals surface area contributed by atoms with Gasteiger partial charge in [-0.05, 0) is 31.0 Å². The molecule has 3 rings (SSSR count). The SMILES string of the molecule is COCCCNC(=O)c1nn(-c2ccccc2F)c(=O)n(C(C)c2ccccc2)c1=O. The van der Waals surface area contributed by atoms with E-state index in [1.807, 2.05) is 6.07 Å². The van der Waals surface area contributed by atoms with Gasteiger partial charge in [0.05, 0.1) is 6.04 Å². The van der Waals surface area contributed by atoms with E-state index in [9.17, 15) is 18.8 Å². The van der Waals surface area contributed by atoms with Gasteiger partial charge >= 0.3 is 5.69 Å². The minimum absolute atomic E-state index is 0.157. The molecule has 9 heteroatoms. The number of amides is 1. The van der Waals surface area contributed by atoms with Gasteiger partial charge in [0.25, 0.3) is 11.5 Å². The number of carbonyl (C=O) groups excluding carboxylic acids is 1. The maximum atomic E-state index is 14.4. The molecule has 1 N–H and O–H groups in total. The average molecular weight is 426 g/mol. The van der Waals surface area contributed by atoms with Crippen LogP contribution < -0.4 is 16.6 Å². The Morgan fingerprint density at radius 3 is 2.48 bits per heavy atom. The summed E-state index contributed by atoms with van der Waals surface area (Å²) in [6.45, 7) is 2.34. The summed E-state index contributed by atoms with van der Waals surface area (Å²) in [6, 6.07) is 13.7. The second kappa shape index (κ2) is 9.94. The van der Waals surface area contributed by atoms with Crippen molar-refractivity contribution in [1.82, 2.24) is 19.7 Å². The summed E-state index contributed by atoms with van der Waals surface area (Å²) in [5.41, 5.74) is -1.67. The third-order valence-electron chi connectivity index (χ3n) is 4.78. The van der Waals surface area contributed by atoms with Gasteiger partial charge in [-0.1, -0.05) is 42.5 Å². The first-order valence-electron chi connectivity index (χ1n) is 9.78. The lowest BCUT2D eigenvalue weighted by molar-refractivity contribution is 0.0938. The monoisotopic (exact) mass is 426 g/mol. The molecule has 0 fully saturated rings. The van der Waals surface area contributed by atoms with Gasteiger partial charge in [0.15, 0.2) is 0 Å². The Kier molecular flexibility index (Phi) is 7.09. The van der Waals surface area contributed by atoms with Crippen LogP contribution in [-0.4, -0.2) is 40.5 Å². The number of methoxy groups -OCH3 is 1. The zero-order valence-corrected chi connectivity index (χ0v) is 17.2. The lowest BCUT2D eigenvalue weighted by atomic mass is 10.1. The van der Waals surface area contributed by atoms with E-state index < -0.39 is 34.7 Å². The Hall–Kier alpha value is -3.59. The second-order valence-electron chi connectivity index (χ2n) is 6.86. The minimum Gasteiger partial charge on any atom is -0.385 e. The van der Waals surface area contributed by atoms with Crippen molar-refractivity contribution in [3.05, 3.63) is 92.5 Å². The van der Waals surface area contributed by atoms with Crippen molar-refractivity contribution in [2.24, 2.45) is 0 Å². The first-order chi connectivity index (χ1) is 15.0. The first kappa shape index (κ1) is 22.1. The molecule has 0 saturated heterocycles. The van der Waals surface area contributed by atoms with E-state index in [4.69, 9.17) is 4.74 Å². The largest absolute Gasteiger partial charge is 0.385 e. The summed E-state index contributed by atoms with van der Waals surface area (Å²) < 4.78 is 21.0. The highest BCUT2D eigenvalue weighted by molar-refractivity contribution is 5.91. The molecule has 0 aliphatic rings. The number of carbonyl (C=O) groups is 1. The van der Waals surface area contributed by atoms with Crippen LogP contribution in [0.4, 0.5) is 4.39 Å². The predicted molar refractivity (Wildman–Crippen MR) is 113 cm³/mol. The molecule has 0 spiro atoms. The molecule has 0 bridgehead atoms. The van der Waals surface area contributed by atoms with E-state index in [0.29, 0.717) is 18.6 Å². The summed E-state index contributed by atoms with van der Waals surface area (Å²) in [5.74, 6) is -1.46. The molecule has 0 aliphatic carbocycles. The van der Waals surface area contributed by atoms with E-state index in [-0.39, 0.29) is 12.2 Å². The number of nitrogens with zero attached hydrogens (tertiary/aromatic N) is 3. The van der Waals surface area contributed by atoms with Crippen molar-refractivity contribution in [2.45, 2.75) is 19.4 Å². The van der Waals surface area contributed by atoms with Gasteiger partial charge in [-0.3, -0.25) is 9.59 Å². The van der Waals surface area contributed by atoms with Crippen LogP contribution in [0.25, 0.3) is 5.69 Å². The molecule has 1 atom stereocenters. The fourth-order valence-corrected chi connectivity index (χ4v) is 3.14. The summed E-state index contributed by atoms with van der Waals surface area (Å²) in [5, 5.41) is 6.52. The maximum absolute atomic E-state index is 14.4. The Bertz CT molecular complexity index is 1170. The number of rotatable bonds is 8. The van der Waals surface area contributed by atoms with Crippen LogP contribution in [0.1, 0.15) is 35.4 Å². The number of hydrogen-bond donors (Lipinski definition) is 1. The van der Waals surface area contributed by atoms with Crippen molar-refractivity contribution in [2.75, 3.05) is 20.3 Å². The molecule has 1 heterocycles. The third-order valence-corrected chi connectivity index (χ3v) is 4.78. The molecule has 162 valence electrons. The standard InChI is InChI=1S/C22H23FN4O4/c1-15(16-9-4-3-5-10-16)26-21(29)19(20(28)24-13-8-14-31-2)25-27(22(26)30)18-12-7-6-11-17(18)23/h3-7,9-12,15H,8,13-14H2,1-2H3,(H,24,28). The molecule has 0 saturated carbocycles. The van der Waals surface area contributed by atoms with Crippen LogP contribution in [0.2, 0.25) is 0 Å². The molecule has 1 unspecified atom stereocenters. The highest BCUT2D eigenvalue weighted by atomic mass is 19.1. The normalized spacial score (nSPS) is 11.8. The Balaban J connectivity index is 2.16. The first-order valence-corrected chi connectivity index (χ1v) is 9.78. The number of ether oxygens (including phenoxy) is 1. The quantitative estimate of drug-likeness (QED) is 0.555. The van der Waals surface area contributed by atoms with E-state index in [0.717, 1.165) is 9.25 Å². The molecular weight excluding hydrogens is 403 g/mol. The summed E-state index contributed by atoms with van der Waals surface area (Å²) >= 11 is 0. The van der Waals surface area contributed by atoms with Gasteiger partial charge in [-0.15, -0.1) is 0 Å². The van der Waals surface area contributed by atoms with E-state index >= 15 is 0 Å². The molecule has 3 aromatic rings. The van der Waals surface area contributed by atoms with E-state index in [2.05, 4.69) is 10.4 Å². The second-order valence-corrected chi connectivity index (χ2v) is 6.86. The predicted octanol–water partition coefficient (Wildman–Crippen LogP) is 1.91. The van der Waals surface area contributed by atoms with Crippen molar-refractivity contribution >= 4 is 5.91 Å². The number of aromatic nitrogens is 3. The van der Waals surface area contributed by atoms with Crippen LogP contribution in [0.5, 0.6) is 0 Å². The van der Waals surface area contributed by atoms with Crippen molar-refractivity contribution in [3.63, 3.8) is 0 Å². The molecule has 0 radical (unpaired) electrons. The number of hydrogen-bond acceptors (Lipinski definition) is 5. The topological polar surface area (TPSA) is 95.2 Å². The van der Waals surface area contributed by atoms with Gasteiger partial charge in [-0.2, -0.15) is 9.78 Å². The van der Waals surface area contributed by atoms with Crippen molar-refractivity contribution < 1.29 is 13.9 Å². The minimum atomic E-state index is -0.849. The van der Waals surface area contributed by atoms with Gasteiger partial charge in [-0.25, -0.2) is 13.8 Å². The van der Waals surface area contributed by atoms with Gasteiger partial charge in [0.1, 0.15) is 11.5 Å². The molecular formula is C22H23FN4O4. The number of para-hydroxylation sites is 1. The number of halogens is 1. The molecule has 2 aromatic carbocycles. The van der Waals surface area contributed by atoms with Crippen LogP contribution in [0.15, 0.2) is 64.2 Å². The molecule has 31 heavy (non-hydrogen) atoms. The van der Waals surface area contributed by atoms with Crippen molar-refractivity contribution in [1.29, 1.82) is 0 Å². The fourth-order valence-electron chi connectivity index (χ4n) is 3.14. The molecule has 1 amide bonds. The van der Waals surface area contributed by atoms with Gasteiger partial charge in [0, 0.05) is 20.3 Å². The Labute approximate surface area is 177 Å². The highest BCUT2D eigenvalue weighted by Gasteiger charge is 2.24. The number of benzene rings is 2. The van der Waals surface area contributed by atoms with E-state index in [1.54, 1.807) is 31.2 Å². The molecule has 1 aromatic heterocycles. The van der Waals surface area contributed by atoms with Crippen LogP contribution in [0, 0.1) is 5.82 Å². The van der Waals surface area contributed by atoms with Crippen LogP contribution in [-0.2, 0) is 4.74 Å². The fraction of sp³-hybridized carbons (Fsp3) is 0.273. The van der Waals surface area contributed by atoms with Gasteiger partial charge in [0.2, 0.25) is 5.69 Å². The maximum Gasteiger partial charge on any atom is 0.352 e. The lowest BCUT2D eigenvalue weighted by Crippen LogP contribution is -2.47. The van der Waals surface area contributed by atoms with Crippen LogP contribution in [0.3, 0.4) is 0 Å². The van der Waals surface area contributed by atoms with E-state index in [1.165, 1.54) is 31.4 Å². The summed E-state index contributed by atoms with van der Waals surface area (Å²) in [7, 11) is 1.54. The van der Waals surface area contributed by atoms with Crippen molar-refractivity contribution in [3.8, 4) is 5.69 Å².